The van der Waals surface area contributed by atoms with Crippen molar-refractivity contribution in [2.75, 3.05) is 26.2 Å². The molecule has 146 valence electrons. The van der Waals surface area contributed by atoms with E-state index in [0.717, 1.165) is 31.9 Å². The van der Waals surface area contributed by atoms with E-state index in [4.69, 9.17) is 4.74 Å². The Hall–Kier alpha value is -2.14. The van der Waals surface area contributed by atoms with Crippen LogP contribution >= 0.6 is 11.3 Å². The first-order valence-corrected chi connectivity index (χ1v) is 10.9. The van der Waals surface area contributed by atoms with E-state index in [0.29, 0.717) is 12.6 Å². The zero-order valence-corrected chi connectivity index (χ0v) is 17.5. The van der Waals surface area contributed by atoms with Gasteiger partial charge in [0.1, 0.15) is 12.4 Å². The number of hydrogen-bond acceptors (Lipinski definition) is 4. The zero-order valence-electron chi connectivity index (χ0n) is 16.7. The highest BCUT2D eigenvalue weighted by atomic mass is 32.1. The zero-order chi connectivity index (χ0) is 19.3. The summed E-state index contributed by atoms with van der Waals surface area (Å²) in [6.45, 7) is 9.20. The molecule has 28 heavy (non-hydrogen) atoms. The Labute approximate surface area is 172 Å². The first kappa shape index (κ1) is 19.2. The smallest absolute Gasteiger partial charge is 0.125 e. The maximum atomic E-state index is 6.20. The second-order valence-corrected chi connectivity index (χ2v) is 8.44. The van der Waals surface area contributed by atoms with Gasteiger partial charge in [-0.2, -0.15) is 0 Å². The Morgan fingerprint density at radius 2 is 1.71 bits per heavy atom. The summed E-state index contributed by atoms with van der Waals surface area (Å²) >= 11 is 1.85. The second-order valence-electron chi connectivity index (χ2n) is 7.46. The minimum absolute atomic E-state index is 0.322. The van der Waals surface area contributed by atoms with Crippen molar-refractivity contribution in [1.29, 1.82) is 0 Å². The molecule has 0 amide bonds. The lowest BCUT2D eigenvalue weighted by Gasteiger charge is -2.35. The number of piperazine rings is 1. The van der Waals surface area contributed by atoms with Gasteiger partial charge in [0.15, 0.2) is 0 Å². The molecule has 1 aromatic heterocycles. The van der Waals surface area contributed by atoms with Gasteiger partial charge >= 0.3 is 0 Å². The van der Waals surface area contributed by atoms with Crippen LogP contribution in [-0.4, -0.2) is 31.1 Å². The van der Waals surface area contributed by atoms with Gasteiger partial charge in [-0.05, 0) is 47.5 Å². The highest BCUT2D eigenvalue weighted by molar-refractivity contribution is 7.10. The van der Waals surface area contributed by atoms with Gasteiger partial charge < -0.3 is 10.1 Å². The number of aryl methyl sites for hydroxylation is 2. The number of thiophene rings is 1. The molecule has 3 nitrogen and oxygen atoms in total. The van der Waals surface area contributed by atoms with Crippen molar-refractivity contribution >= 4 is 11.3 Å². The molecule has 1 aliphatic heterocycles. The normalized spacial score (nSPS) is 16.1. The summed E-state index contributed by atoms with van der Waals surface area (Å²) in [5, 5.41) is 5.65. The molecule has 0 bridgehead atoms. The number of ether oxygens (including phenoxy) is 1. The highest BCUT2D eigenvalue weighted by Crippen LogP contribution is 2.36. The standard InChI is InChI=1S/C24H28N2OS/c1-18-15-21(16-19(2)24(18)27-17-20-7-4-3-5-8-20)23(22-9-6-14-28-22)26-12-10-25-11-13-26/h3-9,14-16,23,25H,10-13,17H2,1-2H3/t23-/m1/s1. The van der Waals surface area contributed by atoms with Crippen LogP contribution in [0, 0.1) is 13.8 Å². The minimum atomic E-state index is 0.322. The average molecular weight is 393 g/mol. The SMILES string of the molecule is Cc1cc([C@H](c2cccs2)N2CCNCC2)cc(C)c1OCc1ccccc1. The lowest BCUT2D eigenvalue weighted by molar-refractivity contribution is 0.200. The molecular weight excluding hydrogens is 364 g/mol. The Kier molecular flexibility index (Phi) is 6.10. The van der Waals surface area contributed by atoms with Crippen LogP contribution in [0.15, 0.2) is 60.0 Å². The molecule has 3 aromatic rings. The van der Waals surface area contributed by atoms with Crippen molar-refractivity contribution in [3.8, 4) is 5.75 Å². The Morgan fingerprint density at radius 3 is 2.36 bits per heavy atom. The Bertz CT molecular complexity index is 863. The molecule has 0 aliphatic carbocycles. The van der Waals surface area contributed by atoms with Crippen molar-refractivity contribution in [2.24, 2.45) is 0 Å². The van der Waals surface area contributed by atoms with Gasteiger partial charge in [-0.15, -0.1) is 11.3 Å². The van der Waals surface area contributed by atoms with E-state index in [-0.39, 0.29) is 0 Å². The van der Waals surface area contributed by atoms with E-state index in [1.165, 1.54) is 27.1 Å². The fourth-order valence-corrected chi connectivity index (χ4v) is 4.93. The summed E-state index contributed by atoms with van der Waals surface area (Å²) in [5.74, 6) is 1.01. The number of hydrogen-bond donors (Lipinski definition) is 1. The van der Waals surface area contributed by atoms with E-state index in [2.05, 4.69) is 78.0 Å². The summed E-state index contributed by atoms with van der Waals surface area (Å²) in [6, 6.07) is 19.7. The van der Waals surface area contributed by atoms with Gasteiger partial charge in [-0.1, -0.05) is 48.5 Å². The number of nitrogens with zero attached hydrogens (tertiary/aromatic N) is 1. The van der Waals surface area contributed by atoms with E-state index < -0.39 is 0 Å². The van der Waals surface area contributed by atoms with Crippen molar-refractivity contribution in [3.05, 3.63) is 87.1 Å². The predicted molar refractivity (Wildman–Crippen MR) is 117 cm³/mol. The fraction of sp³-hybridized carbons (Fsp3) is 0.333. The largest absolute Gasteiger partial charge is 0.488 e. The van der Waals surface area contributed by atoms with Crippen LogP contribution in [0.5, 0.6) is 5.75 Å². The molecule has 1 atom stereocenters. The van der Waals surface area contributed by atoms with Crippen LogP contribution < -0.4 is 10.1 Å². The van der Waals surface area contributed by atoms with Crippen LogP contribution in [0.1, 0.15) is 33.2 Å². The minimum Gasteiger partial charge on any atom is -0.488 e. The number of benzene rings is 2. The van der Waals surface area contributed by atoms with Gasteiger partial charge in [-0.25, -0.2) is 0 Å². The molecule has 0 radical (unpaired) electrons. The van der Waals surface area contributed by atoms with E-state index in [9.17, 15) is 0 Å². The number of nitrogens with one attached hydrogen (secondary N) is 1. The summed E-state index contributed by atoms with van der Waals surface area (Å²) in [4.78, 5) is 4.01. The van der Waals surface area contributed by atoms with Gasteiger partial charge in [0.2, 0.25) is 0 Å². The summed E-state index contributed by atoms with van der Waals surface area (Å²) in [7, 11) is 0. The van der Waals surface area contributed by atoms with E-state index in [1.54, 1.807) is 0 Å². The quantitative estimate of drug-likeness (QED) is 0.643. The molecular formula is C24H28N2OS. The molecule has 2 heterocycles. The first-order chi connectivity index (χ1) is 13.7. The van der Waals surface area contributed by atoms with Crippen LogP contribution in [0.4, 0.5) is 0 Å². The lowest BCUT2D eigenvalue weighted by atomic mass is 9.97. The average Bonchev–Trinajstić information content (AvgIpc) is 3.23. The molecule has 2 aromatic carbocycles. The van der Waals surface area contributed by atoms with Crippen molar-refractivity contribution < 1.29 is 4.74 Å². The third-order valence-electron chi connectivity index (χ3n) is 5.35. The fourth-order valence-electron chi connectivity index (χ4n) is 4.04. The van der Waals surface area contributed by atoms with E-state index >= 15 is 0 Å². The molecule has 1 aliphatic rings. The van der Waals surface area contributed by atoms with E-state index in [1.807, 2.05) is 17.4 Å². The van der Waals surface area contributed by atoms with Crippen molar-refractivity contribution in [2.45, 2.75) is 26.5 Å². The maximum Gasteiger partial charge on any atom is 0.125 e. The Balaban J connectivity index is 1.61. The summed E-state index contributed by atoms with van der Waals surface area (Å²) < 4.78 is 6.20. The molecule has 4 rings (SSSR count). The lowest BCUT2D eigenvalue weighted by Crippen LogP contribution is -2.45. The second kappa shape index (κ2) is 8.91. The third-order valence-corrected chi connectivity index (χ3v) is 6.28. The molecule has 0 spiro atoms. The van der Waals surface area contributed by atoms with Crippen molar-refractivity contribution in [1.82, 2.24) is 10.2 Å². The molecule has 0 saturated carbocycles. The first-order valence-electron chi connectivity index (χ1n) is 9.98. The topological polar surface area (TPSA) is 24.5 Å². The van der Waals surface area contributed by atoms with Crippen LogP contribution in [0.25, 0.3) is 0 Å². The molecule has 4 heteroatoms. The molecule has 1 fully saturated rings. The van der Waals surface area contributed by atoms with Gasteiger partial charge in [0, 0.05) is 31.1 Å². The monoisotopic (exact) mass is 392 g/mol. The maximum absolute atomic E-state index is 6.20. The van der Waals surface area contributed by atoms with Gasteiger partial charge in [0.25, 0.3) is 0 Å². The van der Waals surface area contributed by atoms with Crippen molar-refractivity contribution in [3.63, 3.8) is 0 Å². The molecule has 1 saturated heterocycles. The molecule has 0 unspecified atom stereocenters. The van der Waals surface area contributed by atoms with Crippen LogP contribution in [0.2, 0.25) is 0 Å². The Morgan fingerprint density at radius 1 is 1.00 bits per heavy atom. The molecule has 1 N–H and O–H groups in total. The van der Waals surface area contributed by atoms with Gasteiger partial charge in [-0.3, -0.25) is 4.90 Å². The summed E-state index contributed by atoms with van der Waals surface area (Å²) in [6.07, 6.45) is 0. The number of rotatable bonds is 6. The third kappa shape index (κ3) is 4.30. The van der Waals surface area contributed by atoms with Crippen LogP contribution in [0.3, 0.4) is 0 Å². The summed E-state index contributed by atoms with van der Waals surface area (Å²) in [5.41, 5.74) is 4.99. The highest BCUT2D eigenvalue weighted by Gasteiger charge is 2.25. The predicted octanol–water partition coefficient (Wildman–Crippen LogP) is 4.94. The van der Waals surface area contributed by atoms with Gasteiger partial charge in [0.05, 0.1) is 6.04 Å². The van der Waals surface area contributed by atoms with Crippen LogP contribution in [-0.2, 0) is 6.61 Å².